The zero-order valence-electron chi connectivity index (χ0n) is 59.4. The predicted octanol–water partition coefficient (Wildman–Crippen LogP) is 15.4. The van der Waals surface area contributed by atoms with Crippen LogP contribution in [0.15, 0.2) is 269 Å². The van der Waals surface area contributed by atoms with Crippen LogP contribution in [0.5, 0.6) is 0 Å². The van der Waals surface area contributed by atoms with Gasteiger partial charge in [0.15, 0.2) is 6.04 Å². The molecule has 0 aliphatic rings. The molecule has 5 heterocycles. The Morgan fingerprint density at radius 3 is 1.28 bits per heavy atom. The number of amides is 4. The smallest absolute Gasteiger partial charge is 0.273 e. The molecule has 24 nitrogen and oxygen atoms in total. The molecule has 3 N–H and O–H groups in total. The molecule has 0 radical (unpaired) electrons. The number of carbonyl (C=O) groups excluding carboxylic acids is 4. The minimum Gasteiger partial charge on any atom is -0.273 e. The van der Waals surface area contributed by atoms with Gasteiger partial charge in [0, 0.05) is 20.0 Å². The number of aromatic nitrogens is 8. The quantitative estimate of drug-likeness (QED) is 0.0448. The van der Waals surface area contributed by atoms with Crippen molar-refractivity contribution in [2.45, 2.75) is 85.9 Å². The van der Waals surface area contributed by atoms with Gasteiger partial charge in [-0.25, -0.2) is 70.9 Å². The van der Waals surface area contributed by atoms with Gasteiger partial charge in [-0.2, -0.15) is 20.4 Å². The first-order valence-corrected chi connectivity index (χ1v) is 44.6. The molecule has 13 aromatic rings. The lowest BCUT2D eigenvalue weighted by atomic mass is 9.59. The molecule has 0 fully saturated rings. The number of hydrogen-bond acceptors (Lipinski definition) is 18. The molecule has 0 aliphatic carbocycles. The number of sulfonamides is 4. The van der Waals surface area contributed by atoms with Crippen molar-refractivity contribution in [3.8, 4) is 22.7 Å². The van der Waals surface area contributed by atoms with Crippen LogP contribution in [0.1, 0.15) is 69.0 Å². The van der Waals surface area contributed by atoms with E-state index in [2.05, 4.69) is 30.1 Å². The minimum absolute atomic E-state index is 0.00647. The third-order valence-corrected chi connectivity index (χ3v) is 30.4. The molecule has 4 amide bonds. The number of nitrogens with zero attached hydrogens (tertiary/aromatic N) is 9. The Morgan fingerprint density at radius 1 is 0.469 bits per heavy atom. The molecule has 4 atom stereocenters. The van der Waals surface area contributed by atoms with Crippen molar-refractivity contribution in [3.63, 3.8) is 0 Å². The summed E-state index contributed by atoms with van der Waals surface area (Å²) in [5, 5.41) is 19.8. The first kappa shape index (κ1) is 81.7. The van der Waals surface area contributed by atoms with E-state index in [-0.39, 0.29) is 87.7 Å². The van der Waals surface area contributed by atoms with Crippen molar-refractivity contribution in [1.82, 2.24) is 57.6 Å². The molecule has 0 bridgehead atoms. The molecule has 36 heteroatoms. The van der Waals surface area contributed by atoms with E-state index in [0.717, 1.165) is 63.6 Å². The Kier molecular flexibility index (Phi) is 23.8. The lowest BCUT2D eigenvalue weighted by Crippen LogP contribution is -2.63. The fraction of sp³-hybridized carbons (Fsp3) is 0.117. The zero-order valence-corrected chi connectivity index (χ0v) is 71.1. The van der Waals surface area contributed by atoms with E-state index in [1.54, 1.807) is 103 Å². The maximum Gasteiger partial charge on any atom is 0.277 e. The van der Waals surface area contributed by atoms with E-state index >= 15 is 52.8 Å². The van der Waals surface area contributed by atoms with Gasteiger partial charge in [-0.1, -0.05) is 149 Å². The largest absolute Gasteiger partial charge is 0.277 e. The number of nitrogens with one attached hydrogen (secondary N) is 3. The molecule has 4 unspecified atom stereocenters. The van der Waals surface area contributed by atoms with Crippen LogP contribution < -0.4 is 14.2 Å². The first-order chi connectivity index (χ1) is 53.7. The maximum absolute atomic E-state index is 20.2. The van der Waals surface area contributed by atoms with Gasteiger partial charge >= 0.3 is 0 Å². The standard InChI is InChI=1S/C77H60BrCl4IN12O12S6/c1-45-43-62(91(84-45)53-21-11-6-12-22-53)77(64(72(96)88-110(100,101)58-37-31-50(79)32-38-58)68-46(2)47(3)85-92(68)54-23-13-7-14-24-54,65(73(97)89-111(102,103)59-39-33-51(80)34-40-59)69-67(83)49(5)87-93(69)55-25-15-8-16-26-55)76(99)95(113(106,107)63-44-61(82)75(109-63)108-57-29-19-10-20-30-57)71(74(98)90-112(104,105)60-41-35-52(81)36-42-60)70-66(78)48(4)86-94(70)56-27-17-9-18-28-56/h6-44,64-65,71H,1-5H3,(H,88,96)(H,89,97)(H,90,98). The Morgan fingerprint density at radius 2 is 0.841 bits per heavy atom. The number of aryl methyl sites for hydroxylation is 4. The molecule has 8 aromatic carbocycles. The number of rotatable bonds is 25. The van der Waals surface area contributed by atoms with E-state index in [1.807, 2.05) is 22.6 Å². The Bertz CT molecular complexity index is 6150. The van der Waals surface area contributed by atoms with E-state index in [4.69, 9.17) is 66.8 Å². The fourth-order valence-corrected chi connectivity index (χ4v) is 22.2. The Balaban J connectivity index is 1.32. The molecule has 0 spiro atoms. The van der Waals surface area contributed by atoms with Gasteiger partial charge in [0.1, 0.15) is 21.5 Å². The molecular formula is C77H60BrCl4IN12O12S6. The summed E-state index contributed by atoms with van der Waals surface area (Å²) in [7, 11) is -22.4. The molecule has 578 valence electrons. The topological polar surface area (TPSA) is 315 Å². The minimum atomic E-state index is -6.29. The average molecular weight is 1890 g/mol. The first-order valence-electron chi connectivity index (χ1n) is 33.7. The molecule has 113 heavy (non-hydrogen) atoms. The molecule has 0 saturated heterocycles. The van der Waals surface area contributed by atoms with Gasteiger partial charge in [0.2, 0.25) is 11.8 Å². The molecule has 0 aliphatic heterocycles. The third-order valence-electron chi connectivity index (χ3n) is 18.2. The summed E-state index contributed by atoms with van der Waals surface area (Å²) < 4.78 is 141. The lowest BCUT2D eigenvalue weighted by Gasteiger charge is -2.46. The highest BCUT2D eigenvalue weighted by Crippen LogP contribution is 2.57. The van der Waals surface area contributed by atoms with Gasteiger partial charge in [-0.3, -0.25) is 19.2 Å². The summed E-state index contributed by atoms with van der Waals surface area (Å²) in [5.41, 5.74) is -6.22. The number of thiophene rings is 1. The summed E-state index contributed by atoms with van der Waals surface area (Å²) >= 11 is 33.4. The van der Waals surface area contributed by atoms with Crippen LogP contribution in [0.3, 0.4) is 0 Å². The summed E-state index contributed by atoms with van der Waals surface area (Å²) in [6.07, 6.45) is 0. The van der Waals surface area contributed by atoms with Crippen LogP contribution in [0.25, 0.3) is 22.7 Å². The van der Waals surface area contributed by atoms with Crippen molar-refractivity contribution in [1.29, 1.82) is 0 Å². The van der Waals surface area contributed by atoms with Gasteiger partial charge in [0.05, 0.1) is 100 Å². The number of halogens is 6. The van der Waals surface area contributed by atoms with Gasteiger partial charge in [-0.05, 0) is 224 Å². The summed E-state index contributed by atoms with van der Waals surface area (Å²) in [4.78, 5) is 72.2. The molecule has 5 aromatic heterocycles. The maximum atomic E-state index is 20.2. The number of para-hydroxylation sites is 4. The highest BCUT2D eigenvalue weighted by Gasteiger charge is 2.68. The second-order valence-corrected chi connectivity index (χ2v) is 38.5. The zero-order chi connectivity index (χ0) is 80.8. The Labute approximate surface area is 699 Å². The second-order valence-electron chi connectivity index (χ2n) is 25.5. The van der Waals surface area contributed by atoms with Crippen LogP contribution in [0.4, 0.5) is 0 Å². The van der Waals surface area contributed by atoms with Crippen LogP contribution in [0.2, 0.25) is 20.1 Å². The Hall–Kier alpha value is -9.30. The van der Waals surface area contributed by atoms with Crippen LogP contribution in [0, 0.1) is 38.2 Å². The van der Waals surface area contributed by atoms with E-state index < -0.39 is 129 Å². The van der Waals surface area contributed by atoms with Crippen molar-refractivity contribution in [2.75, 3.05) is 0 Å². The van der Waals surface area contributed by atoms with Crippen LogP contribution >= 0.6 is 108 Å². The average Bonchev–Trinajstić information content (AvgIpc) is 1.65. The summed E-state index contributed by atoms with van der Waals surface area (Å²) in [6, 6.07) is 52.4. The van der Waals surface area contributed by atoms with Gasteiger partial charge < -0.3 is 0 Å². The van der Waals surface area contributed by atoms with Crippen molar-refractivity contribution in [2.24, 2.45) is 0 Å². The van der Waals surface area contributed by atoms with Gasteiger partial charge in [-0.15, -0.1) is 11.3 Å². The van der Waals surface area contributed by atoms with E-state index in [0.29, 0.717) is 16.2 Å². The third kappa shape index (κ3) is 16.2. The van der Waals surface area contributed by atoms with Gasteiger partial charge in [0.25, 0.3) is 51.9 Å². The molecule has 13 rings (SSSR count). The number of carbonyl (C=O) groups is 4. The van der Waals surface area contributed by atoms with Crippen LogP contribution in [-0.2, 0) is 64.7 Å². The number of hydrogen-bond donors (Lipinski definition) is 3. The monoisotopic (exact) mass is 1880 g/mol. The SMILES string of the molecule is Cc1cc(C(C(=O)N(C(C(=O)NS(=O)(=O)c2ccc(Cl)cc2)c2c(Br)c(C)nn2-c2ccccc2)S(=O)(=O)c2cc(Cl)c(Sc3ccccc3)s2)(C(C(=O)NS(=O)(=O)c2ccc(Cl)cc2)c2c(C)c(C)nn2-c2ccccc2)C(C(=O)NS(=O)(=O)c2ccc(Cl)cc2)c2c(I)c(C)nn2-c2ccccc2)n(-c2ccccc2)n1. The van der Waals surface area contributed by atoms with Crippen molar-refractivity contribution in [3.05, 3.63) is 316 Å². The predicted molar refractivity (Wildman–Crippen MR) is 443 cm³/mol. The normalized spacial score (nSPS) is 13.3. The number of benzene rings is 8. The van der Waals surface area contributed by atoms with Crippen LogP contribution in [-0.4, -0.2) is 101 Å². The van der Waals surface area contributed by atoms with Crippen molar-refractivity contribution < 1.29 is 52.8 Å². The highest BCUT2D eigenvalue weighted by atomic mass is 127. The lowest BCUT2D eigenvalue weighted by molar-refractivity contribution is -0.146. The summed E-state index contributed by atoms with van der Waals surface area (Å²) in [6.45, 7) is 7.34. The summed E-state index contributed by atoms with van der Waals surface area (Å²) in [5.74, 6) is -13.4. The fourth-order valence-electron chi connectivity index (χ4n) is 13.0. The molecular weight excluding hydrogens is 1830 g/mol. The van der Waals surface area contributed by atoms with E-state index in [9.17, 15) is 0 Å². The second kappa shape index (κ2) is 32.9. The molecule has 0 saturated carbocycles. The van der Waals surface area contributed by atoms with Crippen molar-refractivity contribution >= 4 is 172 Å². The highest BCUT2D eigenvalue weighted by molar-refractivity contribution is 14.1. The van der Waals surface area contributed by atoms with E-state index in [1.165, 1.54) is 135 Å².